The van der Waals surface area contributed by atoms with E-state index >= 15 is 0 Å². The zero-order chi connectivity index (χ0) is 12.4. The van der Waals surface area contributed by atoms with Crippen LogP contribution in [-0.2, 0) is 4.74 Å². The van der Waals surface area contributed by atoms with E-state index in [1.165, 1.54) is 16.3 Å². The summed E-state index contributed by atoms with van der Waals surface area (Å²) >= 11 is 0. The Kier molecular flexibility index (Phi) is 3.31. The number of hydrogen-bond acceptors (Lipinski definition) is 2. The Morgan fingerprint density at radius 2 is 1.89 bits per heavy atom. The summed E-state index contributed by atoms with van der Waals surface area (Å²) in [4.78, 5) is 0. The molecule has 2 heteroatoms. The van der Waals surface area contributed by atoms with Crippen LogP contribution in [0.3, 0.4) is 0 Å². The third kappa shape index (κ3) is 2.14. The standard InChI is InChI=1S/C16H18O2/c17-11-13-7-4-10-16(18-13)15-9-3-6-12-5-1-2-8-14(12)15/h1-3,5-6,8-9,13,16-17H,4,7,10-11H2/t13-,16+/m1/s1. The summed E-state index contributed by atoms with van der Waals surface area (Å²) in [6.07, 6.45) is 3.27. The lowest BCUT2D eigenvalue weighted by atomic mass is 9.94. The average Bonchev–Trinajstić information content (AvgIpc) is 2.47. The van der Waals surface area contributed by atoms with Gasteiger partial charge >= 0.3 is 0 Å². The number of rotatable bonds is 2. The van der Waals surface area contributed by atoms with Gasteiger partial charge in [0, 0.05) is 0 Å². The fraction of sp³-hybridized carbons (Fsp3) is 0.375. The first-order valence-electron chi connectivity index (χ1n) is 6.62. The minimum Gasteiger partial charge on any atom is -0.394 e. The molecule has 1 heterocycles. The SMILES string of the molecule is OC[C@H]1CCC[C@@H](c2cccc3ccccc23)O1. The highest BCUT2D eigenvalue weighted by molar-refractivity contribution is 5.85. The van der Waals surface area contributed by atoms with Gasteiger partial charge in [0.05, 0.1) is 18.8 Å². The van der Waals surface area contributed by atoms with Crippen LogP contribution in [0.1, 0.15) is 30.9 Å². The smallest absolute Gasteiger partial charge is 0.0835 e. The van der Waals surface area contributed by atoms with E-state index in [0.29, 0.717) is 0 Å². The second kappa shape index (κ2) is 5.09. The van der Waals surface area contributed by atoms with Crippen molar-refractivity contribution in [1.29, 1.82) is 0 Å². The Balaban J connectivity index is 1.98. The Hall–Kier alpha value is -1.38. The quantitative estimate of drug-likeness (QED) is 0.874. The van der Waals surface area contributed by atoms with Crippen LogP contribution in [0, 0.1) is 0 Å². The van der Waals surface area contributed by atoms with E-state index in [4.69, 9.17) is 4.74 Å². The second-order valence-corrected chi connectivity index (χ2v) is 4.93. The number of hydrogen-bond donors (Lipinski definition) is 1. The molecule has 0 spiro atoms. The minimum absolute atomic E-state index is 0.00252. The normalized spacial score (nSPS) is 24.3. The molecule has 0 bridgehead atoms. The van der Waals surface area contributed by atoms with Crippen LogP contribution in [0.2, 0.25) is 0 Å². The van der Waals surface area contributed by atoms with Crippen LogP contribution in [0.15, 0.2) is 42.5 Å². The van der Waals surface area contributed by atoms with Crippen LogP contribution in [0.4, 0.5) is 0 Å². The Morgan fingerprint density at radius 3 is 2.78 bits per heavy atom. The minimum atomic E-state index is 0.00252. The van der Waals surface area contributed by atoms with Crippen molar-refractivity contribution in [3.8, 4) is 0 Å². The van der Waals surface area contributed by atoms with Crippen LogP contribution >= 0.6 is 0 Å². The first kappa shape index (κ1) is 11.7. The molecule has 2 atom stereocenters. The predicted molar refractivity (Wildman–Crippen MR) is 72.5 cm³/mol. The molecule has 2 nitrogen and oxygen atoms in total. The largest absolute Gasteiger partial charge is 0.394 e. The molecule has 0 aliphatic carbocycles. The lowest BCUT2D eigenvalue weighted by Crippen LogP contribution is -2.25. The maximum Gasteiger partial charge on any atom is 0.0835 e. The number of aliphatic hydroxyl groups excluding tert-OH is 1. The molecular formula is C16H18O2. The molecule has 2 aromatic carbocycles. The van der Waals surface area contributed by atoms with Crippen molar-refractivity contribution in [3.05, 3.63) is 48.0 Å². The maximum absolute atomic E-state index is 9.24. The van der Waals surface area contributed by atoms with Gasteiger partial charge in [-0.3, -0.25) is 0 Å². The van der Waals surface area contributed by atoms with E-state index in [0.717, 1.165) is 19.3 Å². The van der Waals surface area contributed by atoms with Crippen LogP contribution in [0.25, 0.3) is 10.8 Å². The molecule has 0 radical (unpaired) electrons. The van der Waals surface area contributed by atoms with Gasteiger partial charge in [-0.1, -0.05) is 42.5 Å². The van der Waals surface area contributed by atoms with E-state index in [-0.39, 0.29) is 18.8 Å². The molecular weight excluding hydrogens is 224 g/mol. The van der Waals surface area contributed by atoms with Gasteiger partial charge in [-0.05, 0) is 35.6 Å². The van der Waals surface area contributed by atoms with Crippen molar-refractivity contribution >= 4 is 10.8 Å². The molecule has 0 aromatic heterocycles. The highest BCUT2D eigenvalue weighted by Gasteiger charge is 2.24. The lowest BCUT2D eigenvalue weighted by molar-refractivity contribution is -0.0731. The van der Waals surface area contributed by atoms with Crippen LogP contribution in [0.5, 0.6) is 0 Å². The molecule has 1 aliphatic rings. The highest BCUT2D eigenvalue weighted by atomic mass is 16.5. The molecule has 2 aromatic rings. The fourth-order valence-corrected chi connectivity index (χ4v) is 2.79. The molecule has 1 aliphatic heterocycles. The Bertz CT molecular complexity index is 530. The topological polar surface area (TPSA) is 29.5 Å². The third-order valence-corrected chi connectivity index (χ3v) is 3.72. The molecule has 1 N–H and O–H groups in total. The summed E-state index contributed by atoms with van der Waals surface area (Å²) in [7, 11) is 0. The fourth-order valence-electron chi connectivity index (χ4n) is 2.79. The van der Waals surface area contributed by atoms with Gasteiger partial charge in [-0.15, -0.1) is 0 Å². The monoisotopic (exact) mass is 242 g/mol. The summed E-state index contributed by atoms with van der Waals surface area (Å²) in [5, 5.41) is 11.8. The third-order valence-electron chi connectivity index (χ3n) is 3.72. The van der Waals surface area contributed by atoms with E-state index in [9.17, 15) is 5.11 Å². The first-order valence-corrected chi connectivity index (χ1v) is 6.62. The van der Waals surface area contributed by atoms with Crippen molar-refractivity contribution in [1.82, 2.24) is 0 Å². The van der Waals surface area contributed by atoms with Gasteiger partial charge in [0.2, 0.25) is 0 Å². The van der Waals surface area contributed by atoms with Gasteiger partial charge in [-0.25, -0.2) is 0 Å². The average molecular weight is 242 g/mol. The molecule has 94 valence electrons. The Morgan fingerprint density at radius 1 is 1.06 bits per heavy atom. The first-order chi connectivity index (χ1) is 8.88. The van der Waals surface area contributed by atoms with Crippen molar-refractivity contribution in [2.75, 3.05) is 6.61 Å². The summed E-state index contributed by atoms with van der Waals surface area (Å²) in [6.45, 7) is 0.126. The summed E-state index contributed by atoms with van der Waals surface area (Å²) in [5.41, 5.74) is 1.26. The number of aliphatic hydroxyl groups is 1. The van der Waals surface area contributed by atoms with E-state index in [1.54, 1.807) is 0 Å². The zero-order valence-electron chi connectivity index (χ0n) is 10.4. The molecule has 18 heavy (non-hydrogen) atoms. The second-order valence-electron chi connectivity index (χ2n) is 4.93. The van der Waals surface area contributed by atoms with Gasteiger partial charge < -0.3 is 9.84 Å². The van der Waals surface area contributed by atoms with Gasteiger partial charge in [-0.2, -0.15) is 0 Å². The van der Waals surface area contributed by atoms with E-state index in [1.807, 2.05) is 0 Å². The highest BCUT2D eigenvalue weighted by Crippen LogP contribution is 2.34. The van der Waals surface area contributed by atoms with Crippen LogP contribution in [-0.4, -0.2) is 17.8 Å². The predicted octanol–water partition coefficient (Wildman–Crippen LogP) is 3.44. The zero-order valence-corrected chi connectivity index (χ0v) is 10.4. The number of benzene rings is 2. The molecule has 0 unspecified atom stereocenters. The molecule has 3 rings (SSSR count). The molecule has 0 amide bonds. The van der Waals surface area contributed by atoms with Gasteiger partial charge in [0.15, 0.2) is 0 Å². The van der Waals surface area contributed by atoms with Crippen molar-refractivity contribution in [2.45, 2.75) is 31.5 Å². The van der Waals surface area contributed by atoms with Crippen LogP contribution < -0.4 is 0 Å². The summed E-state index contributed by atoms with van der Waals surface area (Å²) < 4.78 is 5.98. The lowest BCUT2D eigenvalue weighted by Gasteiger charge is -2.30. The van der Waals surface area contributed by atoms with E-state index < -0.39 is 0 Å². The van der Waals surface area contributed by atoms with E-state index in [2.05, 4.69) is 42.5 Å². The van der Waals surface area contributed by atoms with Gasteiger partial charge in [0.1, 0.15) is 0 Å². The molecule has 0 saturated carbocycles. The summed E-state index contributed by atoms with van der Waals surface area (Å²) in [6, 6.07) is 14.8. The van der Waals surface area contributed by atoms with Crippen molar-refractivity contribution in [2.24, 2.45) is 0 Å². The molecule has 1 fully saturated rings. The van der Waals surface area contributed by atoms with Gasteiger partial charge in [0.25, 0.3) is 0 Å². The Labute approximate surface area is 107 Å². The van der Waals surface area contributed by atoms with Crippen molar-refractivity contribution < 1.29 is 9.84 Å². The summed E-state index contributed by atoms with van der Waals surface area (Å²) in [5.74, 6) is 0. The number of fused-ring (bicyclic) bond motifs is 1. The molecule has 1 saturated heterocycles. The number of ether oxygens (including phenoxy) is 1. The maximum atomic E-state index is 9.24. The van der Waals surface area contributed by atoms with Crippen molar-refractivity contribution in [3.63, 3.8) is 0 Å².